The molecule has 0 unspecified atom stereocenters. The van der Waals surface area contributed by atoms with Gasteiger partial charge in [0.05, 0.1) is 11.9 Å². The van der Waals surface area contributed by atoms with Crippen molar-refractivity contribution >= 4 is 11.9 Å². The maximum atomic E-state index is 8.93. The zero-order valence-corrected chi connectivity index (χ0v) is 11.2. The van der Waals surface area contributed by atoms with Gasteiger partial charge in [-0.2, -0.15) is 0 Å². The van der Waals surface area contributed by atoms with Crippen LogP contribution in [0.15, 0.2) is 0 Å². The number of carbonyl (C=O) groups excluding carboxylic acids is 2. The van der Waals surface area contributed by atoms with Crippen molar-refractivity contribution in [2.75, 3.05) is 0 Å². The number of carboxylic acid groups (broad SMARTS) is 2. The Kier molecular flexibility index (Phi) is 17.3. The van der Waals surface area contributed by atoms with Gasteiger partial charge in [-0.25, -0.2) is 5.26 Å². The predicted octanol–water partition coefficient (Wildman–Crippen LogP) is -3.41. The molecule has 1 aliphatic rings. The number of hydrogen-bond acceptors (Lipinski definition) is 7. The standard InChI is InChI=1S/C6H14N2.C2H2O4.HO2.Pt/c7-5-3-1-2-4-6(5)8;3-1(4)2(5)6;1-2;/h5-6H,1-4,7-8H2;(H,3,4)(H,5,6);1H;/q;;;+2/p-2/t5-,6-;;;/m1.../s1. The Morgan fingerprint density at radius 3 is 1.29 bits per heavy atom. The molecule has 0 aliphatic heterocycles. The van der Waals surface area contributed by atoms with Crippen molar-refractivity contribution < 1.29 is 51.4 Å². The molecule has 0 aromatic heterocycles. The third-order valence-corrected chi connectivity index (χ3v) is 2.04. The van der Waals surface area contributed by atoms with Crippen molar-refractivity contribution in [2.45, 2.75) is 37.8 Å². The summed E-state index contributed by atoms with van der Waals surface area (Å²) in [4.78, 5) is 17.9. The minimum absolute atomic E-state index is 0. The van der Waals surface area contributed by atoms with Gasteiger partial charge in [-0.1, -0.05) is 12.8 Å². The Balaban J connectivity index is -0.000000197. The Morgan fingerprint density at radius 1 is 0.941 bits per heavy atom. The van der Waals surface area contributed by atoms with E-state index in [0.717, 1.165) is 12.8 Å². The van der Waals surface area contributed by atoms with Crippen LogP contribution in [-0.4, -0.2) is 29.3 Å². The first-order valence-electron chi connectivity index (χ1n) is 4.57. The predicted molar refractivity (Wildman–Crippen MR) is 47.7 cm³/mol. The van der Waals surface area contributed by atoms with E-state index in [1.54, 1.807) is 0 Å². The van der Waals surface area contributed by atoms with Crippen molar-refractivity contribution in [1.29, 1.82) is 0 Å². The van der Waals surface area contributed by atoms with Crippen LogP contribution in [0.5, 0.6) is 0 Å². The second kappa shape index (κ2) is 13.5. The molecule has 0 bridgehead atoms. The van der Waals surface area contributed by atoms with Gasteiger partial charge in [-0.05, 0) is 18.1 Å². The number of aliphatic carboxylic acids is 2. The van der Waals surface area contributed by atoms with Crippen LogP contribution in [0, 0.1) is 0 Å². The molecule has 1 fully saturated rings. The SMILES string of the molecule is N[C@@H]1CCCC[C@H]1N.O=C([O-])C(=O)[O-].[O]O.[Pt+2]. The molecule has 2 atom stereocenters. The van der Waals surface area contributed by atoms with Crippen molar-refractivity contribution in [3.05, 3.63) is 0 Å². The van der Waals surface area contributed by atoms with Crippen LogP contribution in [0.4, 0.5) is 0 Å². The first-order valence-corrected chi connectivity index (χ1v) is 4.57. The number of hydrogen-bond donors (Lipinski definition) is 3. The maximum absolute atomic E-state index is 8.93. The van der Waals surface area contributed by atoms with Gasteiger partial charge in [-0.15, -0.1) is 0 Å². The number of nitrogens with two attached hydrogens (primary N) is 2. The van der Waals surface area contributed by atoms with E-state index in [0.29, 0.717) is 0 Å². The molecule has 0 amide bonds. The monoisotopic (exact) mass is 430 g/mol. The van der Waals surface area contributed by atoms with E-state index >= 15 is 0 Å². The van der Waals surface area contributed by atoms with Crippen molar-refractivity contribution in [1.82, 2.24) is 0 Å². The minimum atomic E-state index is -2.19. The molecule has 0 saturated heterocycles. The molecule has 1 rings (SSSR count). The molecule has 5 N–H and O–H groups in total. The number of carboxylic acids is 2. The molecule has 0 heterocycles. The van der Waals surface area contributed by atoms with Gasteiger partial charge in [0.15, 0.2) is 0 Å². The third-order valence-electron chi connectivity index (χ3n) is 2.04. The molecule has 1 aliphatic carbocycles. The first-order chi connectivity index (χ1) is 7.45. The number of carbonyl (C=O) groups is 2. The fraction of sp³-hybridized carbons (Fsp3) is 0.750. The summed E-state index contributed by atoms with van der Waals surface area (Å²) >= 11 is 0. The Hall–Kier alpha value is -0.532. The van der Waals surface area contributed by atoms with E-state index in [1.807, 2.05) is 0 Å². The van der Waals surface area contributed by atoms with Crippen molar-refractivity contribution in [2.24, 2.45) is 11.5 Å². The summed E-state index contributed by atoms with van der Waals surface area (Å²) in [5.41, 5.74) is 11.3. The third kappa shape index (κ3) is 13.4. The Bertz CT molecular complexity index is 194. The van der Waals surface area contributed by atoms with Gasteiger partial charge in [0.25, 0.3) is 0 Å². The molecule has 0 spiro atoms. The van der Waals surface area contributed by atoms with Crippen LogP contribution in [0.1, 0.15) is 25.7 Å². The van der Waals surface area contributed by atoms with Crippen molar-refractivity contribution in [3.8, 4) is 0 Å². The van der Waals surface area contributed by atoms with Gasteiger partial charge in [0.2, 0.25) is 0 Å². The van der Waals surface area contributed by atoms with E-state index in [-0.39, 0.29) is 33.1 Å². The molecule has 17 heavy (non-hydrogen) atoms. The zero-order chi connectivity index (χ0) is 13.1. The van der Waals surface area contributed by atoms with E-state index < -0.39 is 11.9 Å². The van der Waals surface area contributed by atoms with Crippen LogP contribution in [0.2, 0.25) is 0 Å². The van der Waals surface area contributed by atoms with Crippen LogP contribution in [0.25, 0.3) is 0 Å². The topological polar surface area (TPSA) is 172 Å². The molecule has 8 nitrogen and oxygen atoms in total. The summed E-state index contributed by atoms with van der Waals surface area (Å²) in [6.07, 6.45) is 4.80. The average Bonchev–Trinajstić information content (AvgIpc) is 2.26. The Labute approximate surface area is 113 Å². The fourth-order valence-electron chi connectivity index (χ4n) is 1.19. The van der Waals surface area contributed by atoms with Gasteiger partial charge in [0, 0.05) is 12.1 Å². The smallest absolute Gasteiger partial charge is 0.543 e. The summed E-state index contributed by atoms with van der Waals surface area (Å²) in [7, 11) is 0. The van der Waals surface area contributed by atoms with E-state index in [1.165, 1.54) is 12.8 Å². The second-order valence-corrected chi connectivity index (χ2v) is 3.19. The molecule has 9 heteroatoms. The van der Waals surface area contributed by atoms with Gasteiger partial charge in [0.1, 0.15) is 0 Å². The fourth-order valence-corrected chi connectivity index (χ4v) is 1.19. The largest absolute Gasteiger partial charge is 2.00 e. The van der Waals surface area contributed by atoms with Crippen LogP contribution < -0.4 is 21.7 Å². The summed E-state index contributed by atoms with van der Waals surface area (Å²) < 4.78 is 0. The molecule has 1 radical (unpaired) electrons. The summed E-state index contributed by atoms with van der Waals surface area (Å²) in [6.45, 7) is 0. The van der Waals surface area contributed by atoms with E-state index in [9.17, 15) is 0 Å². The molecule has 1 saturated carbocycles. The second-order valence-electron chi connectivity index (χ2n) is 3.19. The molecule has 103 valence electrons. The van der Waals surface area contributed by atoms with E-state index in [2.05, 4.69) is 0 Å². The molecular formula is C8H15N2O6Pt. The number of rotatable bonds is 0. The zero-order valence-electron chi connectivity index (χ0n) is 8.94. The summed E-state index contributed by atoms with van der Waals surface area (Å²) in [5.74, 6) is -4.37. The Morgan fingerprint density at radius 2 is 1.18 bits per heavy atom. The first kappa shape index (κ1) is 21.7. The van der Waals surface area contributed by atoms with Crippen molar-refractivity contribution in [3.63, 3.8) is 0 Å². The van der Waals surface area contributed by atoms with Crippen LogP contribution >= 0.6 is 0 Å². The summed E-state index contributed by atoms with van der Waals surface area (Å²) in [6, 6.07) is 0.562. The van der Waals surface area contributed by atoms with Gasteiger partial charge >= 0.3 is 21.1 Å². The van der Waals surface area contributed by atoms with E-state index in [4.69, 9.17) is 41.8 Å². The van der Waals surface area contributed by atoms with Gasteiger partial charge in [-0.3, -0.25) is 0 Å². The normalized spacial score (nSPS) is 21.6. The van der Waals surface area contributed by atoms with Gasteiger partial charge < -0.3 is 31.3 Å². The average molecular weight is 430 g/mol. The van der Waals surface area contributed by atoms with Crippen LogP contribution in [-0.2, 0) is 35.9 Å². The van der Waals surface area contributed by atoms with Crippen LogP contribution in [0.3, 0.4) is 0 Å². The summed E-state index contributed by atoms with van der Waals surface area (Å²) in [5, 5.41) is 30.9. The quantitative estimate of drug-likeness (QED) is 0.204. The maximum Gasteiger partial charge on any atom is 2.00 e. The molecule has 0 aromatic carbocycles. The molecule has 0 aromatic rings. The molecular weight excluding hydrogens is 415 g/mol. The minimum Gasteiger partial charge on any atom is -0.543 e.